The molecule has 0 spiro atoms. The highest BCUT2D eigenvalue weighted by molar-refractivity contribution is 5.76. The Balaban J connectivity index is 1.66. The van der Waals surface area contributed by atoms with E-state index in [1.807, 2.05) is 20.8 Å². The van der Waals surface area contributed by atoms with E-state index in [2.05, 4.69) is 10.2 Å². The van der Waals surface area contributed by atoms with E-state index in [4.69, 9.17) is 4.74 Å². The van der Waals surface area contributed by atoms with Crippen LogP contribution >= 0.6 is 0 Å². The van der Waals surface area contributed by atoms with Crippen molar-refractivity contribution < 1.29 is 13.9 Å². The number of halogens is 1. The van der Waals surface area contributed by atoms with Gasteiger partial charge in [-0.1, -0.05) is 12.1 Å². The van der Waals surface area contributed by atoms with E-state index < -0.39 is 0 Å². The van der Waals surface area contributed by atoms with E-state index in [0.717, 1.165) is 13.1 Å². The van der Waals surface area contributed by atoms with Gasteiger partial charge < -0.3 is 10.1 Å². The van der Waals surface area contributed by atoms with Gasteiger partial charge in [-0.2, -0.15) is 0 Å². The van der Waals surface area contributed by atoms with E-state index in [9.17, 15) is 9.18 Å². The average molecular weight is 294 g/mol. The Kier molecular flexibility index (Phi) is 4.83. The molecule has 2 rings (SSSR count). The first kappa shape index (κ1) is 15.8. The van der Waals surface area contributed by atoms with Crippen molar-refractivity contribution in [3.8, 4) is 5.75 Å². The summed E-state index contributed by atoms with van der Waals surface area (Å²) in [6, 6.07) is 6.42. The van der Waals surface area contributed by atoms with E-state index in [1.165, 1.54) is 6.07 Å². The molecule has 1 aromatic carbocycles. The lowest BCUT2D eigenvalue weighted by molar-refractivity contribution is -0.123. The molecule has 1 aliphatic rings. The monoisotopic (exact) mass is 294 g/mol. The lowest BCUT2D eigenvalue weighted by atomic mass is 10.1. The average Bonchev–Trinajstić information content (AvgIpc) is 2.31. The minimum atomic E-state index is -0.333. The summed E-state index contributed by atoms with van der Waals surface area (Å²) < 4.78 is 19.0. The van der Waals surface area contributed by atoms with Gasteiger partial charge >= 0.3 is 0 Å². The molecule has 0 aliphatic carbocycles. The Morgan fingerprint density at radius 1 is 1.38 bits per heavy atom. The highest BCUT2D eigenvalue weighted by Gasteiger charge is 2.29. The molecule has 0 unspecified atom stereocenters. The normalized spacial score (nSPS) is 16.4. The summed E-state index contributed by atoms with van der Waals surface area (Å²) in [7, 11) is 0. The third kappa shape index (κ3) is 5.01. The number of hydrogen-bond acceptors (Lipinski definition) is 3. The second-order valence-corrected chi connectivity index (χ2v) is 6.48. The van der Waals surface area contributed by atoms with Gasteiger partial charge in [0.2, 0.25) is 5.91 Å². The van der Waals surface area contributed by atoms with Crippen molar-refractivity contribution >= 4 is 5.91 Å². The van der Waals surface area contributed by atoms with Crippen LogP contribution in [0, 0.1) is 5.82 Å². The van der Waals surface area contributed by atoms with Crippen LogP contribution in [0.2, 0.25) is 0 Å². The van der Waals surface area contributed by atoms with Crippen LogP contribution in [-0.4, -0.2) is 42.1 Å². The van der Waals surface area contributed by atoms with Gasteiger partial charge in [0, 0.05) is 31.6 Å². The van der Waals surface area contributed by atoms with Crippen LogP contribution in [0.25, 0.3) is 0 Å². The van der Waals surface area contributed by atoms with Crippen LogP contribution < -0.4 is 10.1 Å². The Morgan fingerprint density at radius 3 is 2.67 bits per heavy atom. The Labute approximate surface area is 125 Å². The minimum Gasteiger partial charge on any atom is -0.485 e. The number of nitrogens with zero attached hydrogens (tertiary/aromatic N) is 1. The zero-order valence-electron chi connectivity index (χ0n) is 12.9. The summed E-state index contributed by atoms with van der Waals surface area (Å²) in [5, 5.41) is 2.93. The van der Waals surface area contributed by atoms with Crippen molar-refractivity contribution in [2.45, 2.75) is 38.8 Å². The van der Waals surface area contributed by atoms with Gasteiger partial charge in [0.25, 0.3) is 0 Å². The smallest absolute Gasteiger partial charge is 0.221 e. The summed E-state index contributed by atoms with van der Waals surface area (Å²) in [4.78, 5) is 13.8. The molecule has 1 N–H and O–H groups in total. The molecule has 0 saturated carbocycles. The number of carbonyl (C=O) groups is 1. The molecule has 1 heterocycles. The molecule has 4 nitrogen and oxygen atoms in total. The summed E-state index contributed by atoms with van der Waals surface area (Å²) >= 11 is 0. The minimum absolute atomic E-state index is 0.00702. The van der Waals surface area contributed by atoms with Gasteiger partial charge in [0.15, 0.2) is 11.6 Å². The second kappa shape index (κ2) is 6.43. The maximum absolute atomic E-state index is 13.4. The fourth-order valence-corrected chi connectivity index (χ4v) is 2.24. The molecule has 1 amide bonds. The maximum atomic E-state index is 13.4. The van der Waals surface area contributed by atoms with Crippen LogP contribution in [0.3, 0.4) is 0 Å². The number of para-hydroxylation sites is 1. The molecular weight excluding hydrogens is 271 g/mol. The SMILES string of the molecule is CC(C)(C)NC(=O)CCN1CC(Oc2ccccc2F)C1. The number of carbonyl (C=O) groups excluding carboxylic acids is 1. The zero-order valence-corrected chi connectivity index (χ0v) is 12.9. The molecule has 0 aromatic heterocycles. The molecule has 116 valence electrons. The largest absolute Gasteiger partial charge is 0.485 e. The number of benzene rings is 1. The highest BCUT2D eigenvalue weighted by atomic mass is 19.1. The fraction of sp³-hybridized carbons (Fsp3) is 0.562. The van der Waals surface area contributed by atoms with Gasteiger partial charge in [-0.15, -0.1) is 0 Å². The van der Waals surface area contributed by atoms with Crippen molar-refractivity contribution in [2.24, 2.45) is 0 Å². The molecule has 5 heteroatoms. The number of amides is 1. The molecule has 1 aromatic rings. The summed E-state index contributed by atoms with van der Waals surface area (Å²) in [6.07, 6.45) is 0.483. The topological polar surface area (TPSA) is 41.6 Å². The number of rotatable bonds is 5. The molecule has 0 bridgehead atoms. The van der Waals surface area contributed by atoms with Gasteiger partial charge in [-0.05, 0) is 32.9 Å². The van der Waals surface area contributed by atoms with Crippen LogP contribution in [0.15, 0.2) is 24.3 Å². The van der Waals surface area contributed by atoms with Crippen LogP contribution in [0.5, 0.6) is 5.75 Å². The Hall–Kier alpha value is -1.62. The lowest BCUT2D eigenvalue weighted by Crippen LogP contribution is -2.54. The number of ether oxygens (including phenoxy) is 1. The molecule has 1 saturated heterocycles. The quantitative estimate of drug-likeness (QED) is 0.905. The third-order valence-electron chi connectivity index (χ3n) is 3.22. The van der Waals surface area contributed by atoms with Crippen molar-refractivity contribution in [1.82, 2.24) is 10.2 Å². The van der Waals surface area contributed by atoms with E-state index in [0.29, 0.717) is 18.7 Å². The van der Waals surface area contributed by atoms with Crippen molar-refractivity contribution in [3.63, 3.8) is 0 Å². The number of nitrogens with one attached hydrogen (secondary N) is 1. The first-order chi connectivity index (χ1) is 9.83. The number of likely N-dealkylation sites (tertiary alicyclic amines) is 1. The van der Waals surface area contributed by atoms with E-state index >= 15 is 0 Å². The number of hydrogen-bond donors (Lipinski definition) is 1. The van der Waals surface area contributed by atoms with Gasteiger partial charge in [0.1, 0.15) is 6.10 Å². The predicted octanol–water partition coefficient (Wildman–Crippen LogP) is 2.19. The van der Waals surface area contributed by atoms with Crippen molar-refractivity contribution in [3.05, 3.63) is 30.1 Å². The third-order valence-corrected chi connectivity index (χ3v) is 3.22. The first-order valence-corrected chi connectivity index (χ1v) is 7.28. The summed E-state index contributed by atoms with van der Waals surface area (Å²) in [5.41, 5.74) is -0.192. The van der Waals surface area contributed by atoms with E-state index in [-0.39, 0.29) is 23.4 Å². The first-order valence-electron chi connectivity index (χ1n) is 7.28. The maximum Gasteiger partial charge on any atom is 0.221 e. The molecule has 1 fully saturated rings. The van der Waals surface area contributed by atoms with E-state index in [1.54, 1.807) is 18.2 Å². The molecule has 0 radical (unpaired) electrons. The van der Waals surface area contributed by atoms with Crippen LogP contribution in [0.1, 0.15) is 27.2 Å². The van der Waals surface area contributed by atoms with Gasteiger partial charge in [0.05, 0.1) is 0 Å². The molecular formula is C16H23FN2O2. The zero-order chi connectivity index (χ0) is 15.5. The van der Waals surface area contributed by atoms with Crippen LogP contribution in [0.4, 0.5) is 4.39 Å². The summed E-state index contributed by atoms with van der Waals surface area (Å²) in [6.45, 7) is 8.07. The standard InChI is InChI=1S/C16H23FN2O2/c1-16(2,3)18-15(20)8-9-19-10-12(11-19)21-14-7-5-4-6-13(14)17/h4-7,12H,8-11H2,1-3H3,(H,18,20). The van der Waals surface area contributed by atoms with Gasteiger partial charge in [-0.3, -0.25) is 9.69 Å². The Morgan fingerprint density at radius 2 is 2.05 bits per heavy atom. The summed E-state index contributed by atoms with van der Waals surface area (Å²) in [5.74, 6) is 0.0223. The Bertz CT molecular complexity index is 493. The molecule has 1 aliphatic heterocycles. The van der Waals surface area contributed by atoms with Crippen molar-refractivity contribution in [1.29, 1.82) is 0 Å². The fourth-order valence-electron chi connectivity index (χ4n) is 2.24. The predicted molar refractivity (Wildman–Crippen MR) is 79.8 cm³/mol. The second-order valence-electron chi connectivity index (χ2n) is 6.48. The highest BCUT2D eigenvalue weighted by Crippen LogP contribution is 2.21. The van der Waals surface area contributed by atoms with Gasteiger partial charge in [-0.25, -0.2) is 4.39 Å². The van der Waals surface area contributed by atoms with Crippen molar-refractivity contribution in [2.75, 3.05) is 19.6 Å². The van der Waals surface area contributed by atoms with Crippen LogP contribution in [-0.2, 0) is 4.79 Å². The lowest BCUT2D eigenvalue weighted by Gasteiger charge is -2.39. The molecule has 0 atom stereocenters. The molecule has 21 heavy (non-hydrogen) atoms.